The number of nitrogens with zero attached hydrogens (tertiary/aromatic N) is 2. The van der Waals surface area contributed by atoms with Crippen molar-refractivity contribution >= 4 is 12.3 Å². The van der Waals surface area contributed by atoms with Gasteiger partial charge in [0.1, 0.15) is 7.11 Å². The molecule has 1 aliphatic heterocycles. The average Bonchev–Trinajstić information content (AvgIpc) is 2.25. The molecular weight excluding hydrogens is 184 g/mol. The molecule has 0 aromatic carbocycles. The van der Waals surface area contributed by atoms with Crippen LogP contribution in [0.3, 0.4) is 0 Å². The number of hydrogen-bond donors (Lipinski definition) is 0. The van der Waals surface area contributed by atoms with Gasteiger partial charge in [-0.25, -0.2) is 4.79 Å². The van der Waals surface area contributed by atoms with Gasteiger partial charge in [-0.3, -0.25) is 0 Å². The summed E-state index contributed by atoms with van der Waals surface area (Å²) in [6.07, 6.45) is 4.15. The normalized spacial score (nSPS) is 16.7. The van der Waals surface area contributed by atoms with E-state index in [2.05, 4.69) is 14.7 Å². The van der Waals surface area contributed by atoms with Gasteiger partial charge in [0.25, 0.3) is 0 Å². The van der Waals surface area contributed by atoms with Gasteiger partial charge in [0.15, 0.2) is 0 Å². The van der Waals surface area contributed by atoms with Crippen LogP contribution in [0.2, 0.25) is 0 Å². The fourth-order valence-electron chi connectivity index (χ4n) is 1.27. The van der Waals surface area contributed by atoms with Gasteiger partial charge >= 0.3 is 6.09 Å². The lowest BCUT2D eigenvalue weighted by Crippen LogP contribution is -2.35. The maximum absolute atomic E-state index is 11.2. The molecule has 14 heavy (non-hydrogen) atoms. The minimum absolute atomic E-state index is 0.304. The Kier molecular flexibility index (Phi) is 3.97. The smallest absolute Gasteiger partial charge is 0.409 e. The van der Waals surface area contributed by atoms with Crippen molar-refractivity contribution in [2.24, 2.45) is 5.16 Å². The number of oxime groups is 1. The molecule has 78 valence electrons. The molecule has 0 atom stereocenters. The predicted octanol–water partition coefficient (Wildman–Crippen LogP) is 1.02. The van der Waals surface area contributed by atoms with Crippen molar-refractivity contribution in [2.45, 2.75) is 6.42 Å². The molecule has 1 heterocycles. The van der Waals surface area contributed by atoms with E-state index < -0.39 is 0 Å². The van der Waals surface area contributed by atoms with Gasteiger partial charge in [0.05, 0.1) is 19.9 Å². The van der Waals surface area contributed by atoms with Crippen LogP contribution in [0.25, 0.3) is 0 Å². The Morgan fingerprint density at radius 3 is 3.07 bits per heavy atom. The Balaban J connectivity index is 2.53. The largest absolute Gasteiger partial charge is 0.453 e. The van der Waals surface area contributed by atoms with Gasteiger partial charge in [0, 0.05) is 6.54 Å². The number of rotatable bonds is 2. The summed E-state index contributed by atoms with van der Waals surface area (Å²) in [5.74, 6) is 0. The predicted molar refractivity (Wildman–Crippen MR) is 52.2 cm³/mol. The van der Waals surface area contributed by atoms with Crippen LogP contribution in [-0.4, -0.2) is 44.5 Å². The van der Waals surface area contributed by atoms with E-state index in [1.54, 1.807) is 11.1 Å². The van der Waals surface area contributed by atoms with E-state index in [0.717, 1.165) is 12.0 Å². The Morgan fingerprint density at radius 2 is 2.43 bits per heavy atom. The monoisotopic (exact) mass is 198 g/mol. The zero-order valence-electron chi connectivity index (χ0n) is 8.40. The highest BCUT2D eigenvalue weighted by Crippen LogP contribution is 2.08. The SMILES string of the molecule is CON=CC1=CCCN(C(=O)OC)C1. The van der Waals surface area contributed by atoms with E-state index in [-0.39, 0.29) is 6.09 Å². The van der Waals surface area contributed by atoms with Gasteiger partial charge in [-0.2, -0.15) is 0 Å². The van der Waals surface area contributed by atoms with Gasteiger partial charge in [-0.1, -0.05) is 11.2 Å². The number of hydrogen-bond acceptors (Lipinski definition) is 4. The third kappa shape index (κ3) is 2.76. The molecule has 0 saturated heterocycles. The van der Waals surface area contributed by atoms with Crippen LogP contribution in [-0.2, 0) is 9.57 Å². The number of carbonyl (C=O) groups excluding carboxylic acids is 1. The summed E-state index contributed by atoms with van der Waals surface area (Å²) in [5, 5.41) is 3.64. The Morgan fingerprint density at radius 1 is 1.64 bits per heavy atom. The van der Waals surface area contributed by atoms with E-state index in [1.807, 2.05) is 6.08 Å². The summed E-state index contributed by atoms with van der Waals surface area (Å²) in [6.45, 7) is 1.22. The van der Waals surface area contributed by atoms with Gasteiger partial charge in [-0.15, -0.1) is 0 Å². The highest BCUT2D eigenvalue weighted by molar-refractivity contribution is 5.80. The molecule has 1 rings (SSSR count). The lowest BCUT2D eigenvalue weighted by Gasteiger charge is -2.24. The number of carbonyl (C=O) groups is 1. The molecule has 0 unspecified atom stereocenters. The molecule has 0 radical (unpaired) electrons. The van der Waals surface area contributed by atoms with Crippen LogP contribution in [0, 0.1) is 0 Å². The summed E-state index contributed by atoms with van der Waals surface area (Å²) in [6, 6.07) is 0. The molecule has 0 N–H and O–H groups in total. The minimum atomic E-state index is -0.304. The summed E-state index contributed by atoms with van der Waals surface area (Å²) in [4.78, 5) is 17.4. The molecule has 1 aliphatic rings. The van der Waals surface area contributed by atoms with Crippen LogP contribution in [0.5, 0.6) is 0 Å². The second kappa shape index (κ2) is 5.26. The average molecular weight is 198 g/mol. The molecule has 0 aromatic rings. The molecule has 5 nitrogen and oxygen atoms in total. The third-order valence-electron chi connectivity index (χ3n) is 1.94. The first-order valence-electron chi connectivity index (χ1n) is 4.36. The lowest BCUT2D eigenvalue weighted by molar-refractivity contribution is 0.127. The molecule has 0 saturated carbocycles. The van der Waals surface area contributed by atoms with Gasteiger partial charge in [0.2, 0.25) is 0 Å². The van der Waals surface area contributed by atoms with Crippen molar-refractivity contribution < 1.29 is 14.4 Å². The first kappa shape index (κ1) is 10.6. The molecule has 0 spiro atoms. The second-order valence-electron chi connectivity index (χ2n) is 2.88. The Hall–Kier alpha value is -1.52. The van der Waals surface area contributed by atoms with Crippen LogP contribution < -0.4 is 0 Å². The van der Waals surface area contributed by atoms with E-state index in [1.165, 1.54) is 14.2 Å². The molecule has 0 bridgehead atoms. The number of ether oxygens (including phenoxy) is 1. The zero-order chi connectivity index (χ0) is 10.4. The maximum atomic E-state index is 11.2. The van der Waals surface area contributed by atoms with Crippen LogP contribution in [0.1, 0.15) is 6.42 Å². The molecule has 5 heteroatoms. The van der Waals surface area contributed by atoms with Gasteiger partial charge < -0.3 is 14.5 Å². The first-order chi connectivity index (χ1) is 6.77. The zero-order valence-corrected chi connectivity index (χ0v) is 8.40. The Labute approximate surface area is 83.0 Å². The molecule has 0 aromatic heterocycles. The Bertz CT molecular complexity index is 261. The van der Waals surface area contributed by atoms with E-state index in [4.69, 9.17) is 0 Å². The maximum Gasteiger partial charge on any atom is 0.409 e. The second-order valence-corrected chi connectivity index (χ2v) is 2.88. The quantitative estimate of drug-likeness (QED) is 0.491. The highest BCUT2D eigenvalue weighted by Gasteiger charge is 2.17. The molecular formula is C9H14N2O3. The van der Waals surface area contributed by atoms with Crippen LogP contribution in [0.4, 0.5) is 4.79 Å². The number of methoxy groups -OCH3 is 1. The van der Waals surface area contributed by atoms with Crippen LogP contribution >= 0.6 is 0 Å². The van der Waals surface area contributed by atoms with Crippen molar-refractivity contribution in [1.82, 2.24) is 4.90 Å². The fraction of sp³-hybridized carbons (Fsp3) is 0.556. The molecule has 1 amide bonds. The summed E-state index contributed by atoms with van der Waals surface area (Å²) in [7, 11) is 2.86. The number of amides is 1. The van der Waals surface area contributed by atoms with Crippen molar-refractivity contribution in [3.8, 4) is 0 Å². The summed E-state index contributed by atoms with van der Waals surface area (Å²) in [5.41, 5.74) is 0.962. The molecule has 0 aliphatic carbocycles. The van der Waals surface area contributed by atoms with Crippen molar-refractivity contribution in [3.63, 3.8) is 0 Å². The highest BCUT2D eigenvalue weighted by atomic mass is 16.6. The van der Waals surface area contributed by atoms with Crippen molar-refractivity contribution in [2.75, 3.05) is 27.3 Å². The summed E-state index contributed by atoms with van der Waals surface area (Å²) >= 11 is 0. The first-order valence-corrected chi connectivity index (χ1v) is 4.36. The third-order valence-corrected chi connectivity index (χ3v) is 1.94. The molecule has 0 fully saturated rings. The van der Waals surface area contributed by atoms with Crippen LogP contribution in [0.15, 0.2) is 16.8 Å². The minimum Gasteiger partial charge on any atom is -0.453 e. The van der Waals surface area contributed by atoms with E-state index >= 15 is 0 Å². The standard InChI is InChI=1S/C9H14N2O3/c1-13-9(12)11-5-3-4-8(7-11)6-10-14-2/h4,6H,3,5,7H2,1-2H3. The van der Waals surface area contributed by atoms with E-state index in [0.29, 0.717) is 13.1 Å². The van der Waals surface area contributed by atoms with Crippen molar-refractivity contribution in [3.05, 3.63) is 11.6 Å². The summed E-state index contributed by atoms with van der Waals surface area (Å²) < 4.78 is 4.63. The van der Waals surface area contributed by atoms with Gasteiger partial charge in [-0.05, 0) is 12.0 Å². The van der Waals surface area contributed by atoms with E-state index in [9.17, 15) is 4.79 Å². The van der Waals surface area contributed by atoms with Crippen molar-refractivity contribution in [1.29, 1.82) is 0 Å². The topological polar surface area (TPSA) is 51.1 Å². The fourth-order valence-corrected chi connectivity index (χ4v) is 1.27. The lowest BCUT2D eigenvalue weighted by atomic mass is 10.1.